The maximum atomic E-state index is 2.22. The van der Waals surface area contributed by atoms with Crippen molar-refractivity contribution >= 4 is 10.9 Å². The predicted molar refractivity (Wildman–Crippen MR) is 57.1 cm³/mol. The Kier molecular flexibility index (Phi) is 1.69. The Morgan fingerprint density at radius 3 is 2.15 bits per heavy atom. The van der Waals surface area contributed by atoms with Crippen LogP contribution in [0.4, 0.5) is 0 Å². The number of rotatable bonds is 0. The highest BCUT2D eigenvalue weighted by atomic mass is 14.9. The van der Waals surface area contributed by atoms with E-state index in [1.54, 1.807) is 0 Å². The molecule has 68 valence electrons. The van der Waals surface area contributed by atoms with Crippen molar-refractivity contribution in [3.63, 3.8) is 0 Å². The first-order valence-corrected chi connectivity index (χ1v) is 4.63. The zero-order valence-corrected chi connectivity index (χ0v) is 8.68. The Labute approximate surface area is 79.0 Å². The Morgan fingerprint density at radius 1 is 0.923 bits per heavy atom. The molecule has 13 heavy (non-hydrogen) atoms. The number of benzene rings is 1. The van der Waals surface area contributed by atoms with Gasteiger partial charge in [-0.25, -0.2) is 0 Å². The first kappa shape index (κ1) is 8.36. The van der Waals surface area contributed by atoms with E-state index in [1.807, 2.05) is 0 Å². The Bertz CT molecular complexity index is 421. The van der Waals surface area contributed by atoms with Crippen LogP contribution in [0, 0.1) is 20.8 Å². The fourth-order valence-electron chi connectivity index (χ4n) is 2.17. The fourth-order valence-corrected chi connectivity index (χ4v) is 2.17. The lowest BCUT2D eigenvalue weighted by molar-refractivity contribution is 0.959. The minimum Gasteiger partial charge on any atom is -0.350 e. The molecular formula is C12H15N. The van der Waals surface area contributed by atoms with E-state index in [0.29, 0.717) is 0 Å². The van der Waals surface area contributed by atoms with E-state index >= 15 is 0 Å². The lowest BCUT2D eigenvalue weighted by Gasteiger charge is -2.03. The van der Waals surface area contributed by atoms with E-state index in [0.717, 1.165) is 0 Å². The van der Waals surface area contributed by atoms with Gasteiger partial charge in [-0.05, 0) is 37.5 Å². The van der Waals surface area contributed by atoms with Crippen LogP contribution >= 0.6 is 0 Å². The van der Waals surface area contributed by atoms with Gasteiger partial charge in [-0.3, -0.25) is 0 Å². The molecule has 0 spiro atoms. The van der Waals surface area contributed by atoms with Crippen molar-refractivity contribution in [1.29, 1.82) is 0 Å². The second kappa shape index (κ2) is 2.63. The summed E-state index contributed by atoms with van der Waals surface area (Å²) in [6.45, 7) is 6.52. The number of aryl methyl sites for hydroxylation is 4. The minimum absolute atomic E-state index is 1.36. The third-order valence-electron chi connectivity index (χ3n) is 2.72. The number of aromatic nitrogens is 1. The van der Waals surface area contributed by atoms with Crippen LogP contribution < -0.4 is 0 Å². The van der Waals surface area contributed by atoms with Crippen molar-refractivity contribution in [2.75, 3.05) is 0 Å². The van der Waals surface area contributed by atoms with E-state index in [-0.39, 0.29) is 0 Å². The Hall–Kier alpha value is -1.24. The van der Waals surface area contributed by atoms with E-state index in [4.69, 9.17) is 0 Å². The zero-order valence-electron chi connectivity index (χ0n) is 8.68. The molecule has 2 aromatic rings. The van der Waals surface area contributed by atoms with Crippen molar-refractivity contribution in [3.05, 3.63) is 35.0 Å². The van der Waals surface area contributed by atoms with E-state index in [9.17, 15) is 0 Å². The maximum absolute atomic E-state index is 2.22. The quantitative estimate of drug-likeness (QED) is 0.577. The van der Waals surface area contributed by atoms with Crippen molar-refractivity contribution in [2.24, 2.45) is 7.05 Å². The number of nitrogens with zero attached hydrogens (tertiary/aromatic N) is 1. The average molecular weight is 173 g/mol. The summed E-state index contributed by atoms with van der Waals surface area (Å²) in [6, 6.07) is 4.39. The predicted octanol–water partition coefficient (Wildman–Crippen LogP) is 3.10. The second-order valence-electron chi connectivity index (χ2n) is 3.85. The van der Waals surface area contributed by atoms with Crippen LogP contribution in [-0.4, -0.2) is 4.57 Å². The molecule has 0 fully saturated rings. The summed E-state index contributed by atoms with van der Waals surface area (Å²) < 4.78 is 2.22. The topological polar surface area (TPSA) is 4.93 Å². The van der Waals surface area contributed by atoms with Crippen molar-refractivity contribution in [3.8, 4) is 0 Å². The van der Waals surface area contributed by atoms with Gasteiger partial charge in [-0.1, -0.05) is 12.1 Å². The lowest BCUT2D eigenvalue weighted by atomic mass is 10.1. The van der Waals surface area contributed by atoms with Crippen molar-refractivity contribution in [1.82, 2.24) is 4.57 Å². The number of hydrogen-bond donors (Lipinski definition) is 0. The molecule has 1 heterocycles. The highest BCUT2D eigenvalue weighted by Crippen LogP contribution is 2.26. The third kappa shape index (κ3) is 1.07. The van der Waals surface area contributed by atoms with E-state index < -0.39 is 0 Å². The molecule has 0 atom stereocenters. The second-order valence-corrected chi connectivity index (χ2v) is 3.85. The van der Waals surface area contributed by atoms with Crippen LogP contribution in [0.3, 0.4) is 0 Å². The molecule has 0 aliphatic rings. The molecule has 0 radical (unpaired) electrons. The molecule has 0 saturated carbocycles. The molecule has 0 unspecified atom stereocenters. The minimum atomic E-state index is 1.36. The average Bonchev–Trinajstić information content (AvgIpc) is 2.36. The molecule has 0 amide bonds. The summed E-state index contributed by atoms with van der Waals surface area (Å²) >= 11 is 0. The SMILES string of the molecule is Cc1ccc(C)c2c1c(C)cn2C. The molecule has 0 bridgehead atoms. The van der Waals surface area contributed by atoms with Gasteiger partial charge in [0.15, 0.2) is 0 Å². The standard InChI is InChI=1S/C12H15N/c1-8-5-6-9(2)12-11(8)10(3)7-13(12)4/h5-7H,1-4H3. The fraction of sp³-hybridized carbons (Fsp3) is 0.333. The lowest BCUT2D eigenvalue weighted by Crippen LogP contribution is -1.87. The molecule has 1 aromatic heterocycles. The van der Waals surface area contributed by atoms with Gasteiger partial charge in [0, 0.05) is 18.6 Å². The first-order valence-electron chi connectivity index (χ1n) is 4.63. The summed E-state index contributed by atoms with van der Waals surface area (Å²) in [5.74, 6) is 0. The van der Waals surface area contributed by atoms with Crippen LogP contribution in [0.1, 0.15) is 16.7 Å². The van der Waals surface area contributed by atoms with Gasteiger partial charge < -0.3 is 4.57 Å². The maximum Gasteiger partial charge on any atom is 0.0512 e. The van der Waals surface area contributed by atoms with Crippen molar-refractivity contribution < 1.29 is 0 Å². The zero-order chi connectivity index (χ0) is 9.59. The summed E-state index contributed by atoms with van der Waals surface area (Å²) in [5.41, 5.74) is 5.48. The molecule has 1 heteroatoms. The van der Waals surface area contributed by atoms with Gasteiger partial charge in [0.25, 0.3) is 0 Å². The summed E-state index contributed by atoms with van der Waals surface area (Å²) in [6.07, 6.45) is 2.20. The van der Waals surface area contributed by atoms with Crippen LogP contribution in [0.15, 0.2) is 18.3 Å². The molecule has 1 nitrogen and oxygen atoms in total. The normalized spacial score (nSPS) is 11.1. The van der Waals surface area contributed by atoms with E-state index in [2.05, 4.69) is 50.7 Å². The van der Waals surface area contributed by atoms with Gasteiger partial charge in [-0.15, -0.1) is 0 Å². The van der Waals surface area contributed by atoms with Gasteiger partial charge in [-0.2, -0.15) is 0 Å². The molecule has 2 rings (SSSR count). The molecule has 0 aliphatic carbocycles. The van der Waals surface area contributed by atoms with Gasteiger partial charge >= 0.3 is 0 Å². The van der Waals surface area contributed by atoms with Crippen LogP contribution in [-0.2, 0) is 7.05 Å². The Morgan fingerprint density at radius 2 is 1.54 bits per heavy atom. The first-order chi connectivity index (χ1) is 6.11. The smallest absolute Gasteiger partial charge is 0.0512 e. The molecule has 0 aliphatic heterocycles. The highest BCUT2D eigenvalue weighted by molar-refractivity contribution is 5.89. The highest BCUT2D eigenvalue weighted by Gasteiger charge is 2.07. The number of fused-ring (bicyclic) bond motifs is 1. The van der Waals surface area contributed by atoms with E-state index in [1.165, 1.54) is 27.6 Å². The molecule has 0 saturated heterocycles. The summed E-state index contributed by atoms with van der Waals surface area (Å²) in [7, 11) is 2.11. The number of hydrogen-bond acceptors (Lipinski definition) is 0. The van der Waals surface area contributed by atoms with Gasteiger partial charge in [0.2, 0.25) is 0 Å². The summed E-state index contributed by atoms with van der Waals surface area (Å²) in [5, 5.41) is 1.42. The third-order valence-corrected chi connectivity index (χ3v) is 2.72. The van der Waals surface area contributed by atoms with Crippen LogP contribution in [0.2, 0.25) is 0 Å². The summed E-state index contributed by atoms with van der Waals surface area (Å²) in [4.78, 5) is 0. The van der Waals surface area contributed by atoms with Gasteiger partial charge in [0.05, 0.1) is 5.52 Å². The molecular weight excluding hydrogens is 158 g/mol. The Balaban J connectivity index is 3.03. The largest absolute Gasteiger partial charge is 0.350 e. The van der Waals surface area contributed by atoms with Crippen LogP contribution in [0.25, 0.3) is 10.9 Å². The van der Waals surface area contributed by atoms with Gasteiger partial charge in [0.1, 0.15) is 0 Å². The molecule has 1 aromatic carbocycles. The molecule has 0 N–H and O–H groups in total. The monoisotopic (exact) mass is 173 g/mol. The van der Waals surface area contributed by atoms with Crippen molar-refractivity contribution in [2.45, 2.75) is 20.8 Å². The van der Waals surface area contributed by atoms with Crippen LogP contribution in [0.5, 0.6) is 0 Å².